The van der Waals surface area contributed by atoms with Gasteiger partial charge in [0.05, 0.1) is 10.8 Å². The van der Waals surface area contributed by atoms with Crippen LogP contribution in [0, 0.1) is 26.7 Å². The van der Waals surface area contributed by atoms with E-state index in [9.17, 15) is 13.2 Å². The van der Waals surface area contributed by atoms with Crippen LogP contribution >= 0.6 is 0 Å². The van der Waals surface area contributed by atoms with E-state index >= 15 is 0 Å². The van der Waals surface area contributed by atoms with Gasteiger partial charge in [-0.3, -0.25) is 4.79 Å². The number of nitrogens with zero attached hydrogens (tertiary/aromatic N) is 1. The molecule has 1 N–H and O–H groups in total. The molecule has 0 bridgehead atoms. The van der Waals surface area contributed by atoms with Crippen LogP contribution in [0.4, 0.5) is 0 Å². The van der Waals surface area contributed by atoms with Gasteiger partial charge in [0.15, 0.2) is 0 Å². The molecule has 2 aliphatic rings. The number of carbonyl (C=O) groups is 1. The highest BCUT2D eigenvalue weighted by Gasteiger charge is 2.35. The van der Waals surface area contributed by atoms with Gasteiger partial charge in [0.2, 0.25) is 15.9 Å². The van der Waals surface area contributed by atoms with Crippen molar-refractivity contribution in [2.24, 2.45) is 5.92 Å². The summed E-state index contributed by atoms with van der Waals surface area (Å²) >= 11 is 0. The van der Waals surface area contributed by atoms with E-state index < -0.39 is 10.0 Å². The summed E-state index contributed by atoms with van der Waals surface area (Å²) in [5, 5.41) is 3.24. The lowest BCUT2D eigenvalue weighted by Gasteiger charge is -2.33. The molecule has 1 aromatic carbocycles. The van der Waals surface area contributed by atoms with Gasteiger partial charge < -0.3 is 5.32 Å². The first-order valence-corrected chi connectivity index (χ1v) is 12.6. The van der Waals surface area contributed by atoms with Crippen molar-refractivity contribution in [2.75, 3.05) is 13.1 Å². The van der Waals surface area contributed by atoms with Crippen LogP contribution in [0.1, 0.15) is 74.5 Å². The Kier molecular flexibility index (Phi) is 7.38. The van der Waals surface area contributed by atoms with Gasteiger partial charge in [-0.15, -0.1) is 0 Å². The first kappa shape index (κ1) is 22.3. The van der Waals surface area contributed by atoms with Crippen molar-refractivity contribution in [1.82, 2.24) is 9.62 Å². The fourth-order valence-electron chi connectivity index (χ4n) is 5.00. The Balaban J connectivity index is 1.70. The molecule has 1 atom stereocenters. The van der Waals surface area contributed by atoms with Crippen molar-refractivity contribution in [3.63, 3.8) is 0 Å². The number of nitrogens with one attached hydrogen (secondary N) is 1. The van der Waals surface area contributed by atoms with Crippen molar-refractivity contribution >= 4 is 15.9 Å². The molecule has 1 aliphatic carbocycles. The highest BCUT2D eigenvalue weighted by molar-refractivity contribution is 7.89. The second-order valence-electron chi connectivity index (χ2n) is 8.98. The van der Waals surface area contributed by atoms with Crippen LogP contribution < -0.4 is 5.32 Å². The molecule has 2 fully saturated rings. The molecule has 1 saturated heterocycles. The van der Waals surface area contributed by atoms with Gasteiger partial charge in [0, 0.05) is 19.1 Å². The van der Waals surface area contributed by atoms with Crippen LogP contribution in [0.15, 0.2) is 17.0 Å². The number of hydrogen-bond acceptors (Lipinski definition) is 3. The van der Waals surface area contributed by atoms with E-state index in [2.05, 4.69) is 5.32 Å². The van der Waals surface area contributed by atoms with Crippen LogP contribution in [0.3, 0.4) is 0 Å². The summed E-state index contributed by atoms with van der Waals surface area (Å²) in [5.74, 6) is -0.220. The summed E-state index contributed by atoms with van der Waals surface area (Å²) < 4.78 is 28.3. The molecule has 0 spiro atoms. The molecule has 0 unspecified atom stereocenters. The van der Waals surface area contributed by atoms with Crippen molar-refractivity contribution in [3.8, 4) is 0 Å². The summed E-state index contributed by atoms with van der Waals surface area (Å²) in [7, 11) is -3.60. The molecule has 1 saturated carbocycles. The van der Waals surface area contributed by atoms with Gasteiger partial charge >= 0.3 is 0 Å². The monoisotopic (exact) mass is 420 g/mol. The maximum absolute atomic E-state index is 13.4. The number of benzene rings is 1. The smallest absolute Gasteiger partial charge is 0.243 e. The second kappa shape index (κ2) is 9.61. The van der Waals surface area contributed by atoms with E-state index in [4.69, 9.17) is 0 Å². The molecule has 1 amide bonds. The Morgan fingerprint density at radius 2 is 1.52 bits per heavy atom. The Bertz CT molecular complexity index is 804. The number of amides is 1. The largest absolute Gasteiger partial charge is 0.353 e. The van der Waals surface area contributed by atoms with Crippen molar-refractivity contribution in [1.29, 1.82) is 0 Å². The molecule has 0 aromatic heterocycles. The number of carbonyl (C=O) groups excluding carboxylic acids is 1. The van der Waals surface area contributed by atoms with Gasteiger partial charge in [0.25, 0.3) is 0 Å². The fraction of sp³-hybridized carbons (Fsp3) is 0.696. The molecule has 3 rings (SSSR count). The molecule has 6 heteroatoms. The van der Waals surface area contributed by atoms with Crippen molar-refractivity contribution < 1.29 is 13.2 Å². The highest BCUT2D eigenvalue weighted by atomic mass is 32.2. The van der Waals surface area contributed by atoms with Crippen molar-refractivity contribution in [3.05, 3.63) is 28.8 Å². The lowest BCUT2D eigenvalue weighted by atomic mass is 9.94. The van der Waals surface area contributed by atoms with Gasteiger partial charge in [-0.1, -0.05) is 49.8 Å². The zero-order chi connectivity index (χ0) is 21.0. The number of hydrogen-bond donors (Lipinski definition) is 1. The van der Waals surface area contributed by atoms with Crippen molar-refractivity contribution in [2.45, 2.75) is 89.5 Å². The predicted octanol–water partition coefficient (Wildman–Crippen LogP) is 4.24. The lowest BCUT2D eigenvalue weighted by molar-refractivity contribution is -0.126. The average Bonchev–Trinajstić information content (AvgIpc) is 2.62. The molecule has 29 heavy (non-hydrogen) atoms. The van der Waals surface area contributed by atoms with Crippen LogP contribution in [0.25, 0.3) is 0 Å². The number of sulfonamides is 1. The summed E-state index contributed by atoms with van der Waals surface area (Å²) in [4.78, 5) is 13.3. The normalized spacial score (nSPS) is 22.7. The van der Waals surface area contributed by atoms with E-state index in [0.717, 1.165) is 42.4 Å². The Morgan fingerprint density at radius 3 is 2.14 bits per heavy atom. The topological polar surface area (TPSA) is 66.5 Å². The van der Waals surface area contributed by atoms with Gasteiger partial charge in [-0.2, -0.15) is 4.31 Å². The first-order chi connectivity index (χ1) is 13.8. The maximum Gasteiger partial charge on any atom is 0.243 e. The standard InChI is InChI=1S/C23H36N2O3S/c1-17-14-18(2)22(19(3)15-17)29(27,28)25-13-9-10-20(16-25)23(26)24-21-11-7-5-4-6-8-12-21/h14-15,20-21H,4-13,16H2,1-3H3,(H,24,26)/t20-/m1/s1. The minimum Gasteiger partial charge on any atom is -0.353 e. The highest BCUT2D eigenvalue weighted by Crippen LogP contribution is 2.29. The zero-order valence-electron chi connectivity index (χ0n) is 18.2. The van der Waals surface area contributed by atoms with E-state index in [0.29, 0.717) is 11.4 Å². The average molecular weight is 421 g/mol. The van der Waals surface area contributed by atoms with Gasteiger partial charge in [-0.05, 0) is 57.6 Å². The molecular weight excluding hydrogens is 384 g/mol. The van der Waals surface area contributed by atoms with E-state index in [1.165, 1.54) is 36.4 Å². The van der Waals surface area contributed by atoms with E-state index in [1.807, 2.05) is 32.9 Å². The molecule has 1 aromatic rings. The van der Waals surface area contributed by atoms with Crippen LogP contribution in [-0.2, 0) is 14.8 Å². The third-order valence-electron chi connectivity index (χ3n) is 6.41. The van der Waals surface area contributed by atoms with E-state index in [-0.39, 0.29) is 24.4 Å². The minimum atomic E-state index is -3.60. The van der Waals surface area contributed by atoms with E-state index in [1.54, 1.807) is 0 Å². The molecule has 5 nitrogen and oxygen atoms in total. The quantitative estimate of drug-likeness (QED) is 0.792. The fourth-order valence-corrected chi connectivity index (χ4v) is 6.93. The Morgan fingerprint density at radius 1 is 0.931 bits per heavy atom. The second-order valence-corrected chi connectivity index (χ2v) is 10.9. The molecule has 162 valence electrons. The van der Waals surface area contributed by atoms with Crippen LogP contribution in [0.5, 0.6) is 0 Å². The predicted molar refractivity (Wildman–Crippen MR) is 116 cm³/mol. The third-order valence-corrected chi connectivity index (χ3v) is 8.58. The zero-order valence-corrected chi connectivity index (χ0v) is 19.0. The number of rotatable bonds is 4. The minimum absolute atomic E-state index is 0.0350. The van der Waals surface area contributed by atoms with Gasteiger partial charge in [0.1, 0.15) is 0 Å². The molecule has 0 radical (unpaired) electrons. The summed E-state index contributed by atoms with van der Waals surface area (Å²) in [6.07, 6.45) is 9.71. The Labute approximate surface area is 176 Å². The molecular formula is C23H36N2O3S. The summed E-state index contributed by atoms with van der Waals surface area (Å²) in [6, 6.07) is 4.09. The van der Waals surface area contributed by atoms with Gasteiger partial charge in [-0.25, -0.2) is 8.42 Å². The molecule has 1 heterocycles. The maximum atomic E-state index is 13.4. The lowest BCUT2D eigenvalue weighted by Crippen LogP contribution is -2.47. The number of aryl methyl sites for hydroxylation is 3. The molecule has 1 aliphatic heterocycles. The number of piperidine rings is 1. The van der Waals surface area contributed by atoms with Crippen LogP contribution in [0.2, 0.25) is 0 Å². The summed E-state index contributed by atoms with van der Waals surface area (Å²) in [6.45, 7) is 6.47. The SMILES string of the molecule is Cc1cc(C)c(S(=O)(=O)N2CCC[C@@H](C(=O)NC3CCCCCCC3)C2)c(C)c1. The summed E-state index contributed by atoms with van der Waals surface area (Å²) in [5.41, 5.74) is 2.63. The first-order valence-electron chi connectivity index (χ1n) is 11.2. The van der Waals surface area contributed by atoms with Crippen LogP contribution in [-0.4, -0.2) is 37.8 Å². The third kappa shape index (κ3) is 5.40. The Hall–Kier alpha value is -1.40.